The SMILES string of the molecule is CC[C@H]1O[C@@H](c2ccnc(C(=O)OC)c2)[C@H](O[Si](C)(C)C(C)(C)C)C1=O. The number of nitrogens with zero attached hydrogens (tertiary/aromatic N) is 1. The van der Waals surface area contributed by atoms with Gasteiger partial charge in [0.1, 0.15) is 24.0 Å². The summed E-state index contributed by atoms with van der Waals surface area (Å²) in [5.74, 6) is -0.552. The highest BCUT2D eigenvalue weighted by Crippen LogP contribution is 2.42. The Balaban J connectivity index is 2.39. The van der Waals surface area contributed by atoms with Gasteiger partial charge in [-0.1, -0.05) is 27.7 Å². The predicted molar refractivity (Wildman–Crippen MR) is 101 cm³/mol. The standard InChI is InChI=1S/C19H29NO5Si/c1-8-14-15(21)17(25-26(6,7)19(2,3)4)16(24-14)12-9-10-20-13(11-12)18(22)23-5/h9-11,14,16-17H,8H2,1-7H3/t14-,16+,17-/m1/s1. The van der Waals surface area contributed by atoms with Crippen molar-refractivity contribution in [2.45, 2.75) is 70.6 Å². The zero-order valence-corrected chi connectivity index (χ0v) is 17.7. The second-order valence-corrected chi connectivity index (χ2v) is 12.9. The molecule has 0 aliphatic carbocycles. The van der Waals surface area contributed by atoms with Crippen LogP contribution in [0.2, 0.25) is 18.1 Å². The molecule has 1 aromatic rings. The summed E-state index contributed by atoms with van der Waals surface area (Å²) in [4.78, 5) is 28.7. The molecule has 2 heterocycles. The van der Waals surface area contributed by atoms with Crippen LogP contribution in [0, 0.1) is 0 Å². The Labute approximate surface area is 156 Å². The Morgan fingerprint density at radius 1 is 1.35 bits per heavy atom. The first-order valence-corrected chi connectivity index (χ1v) is 11.8. The van der Waals surface area contributed by atoms with Gasteiger partial charge < -0.3 is 13.9 Å². The molecule has 1 aromatic heterocycles. The smallest absolute Gasteiger partial charge is 0.356 e. The van der Waals surface area contributed by atoms with Crippen LogP contribution >= 0.6 is 0 Å². The molecule has 7 heteroatoms. The van der Waals surface area contributed by atoms with E-state index in [1.54, 1.807) is 12.1 Å². The molecule has 0 spiro atoms. The molecule has 3 atom stereocenters. The van der Waals surface area contributed by atoms with E-state index in [0.717, 1.165) is 0 Å². The lowest BCUT2D eigenvalue weighted by Crippen LogP contribution is -2.46. The number of ketones is 1. The van der Waals surface area contributed by atoms with Gasteiger partial charge in [-0.3, -0.25) is 4.79 Å². The van der Waals surface area contributed by atoms with Gasteiger partial charge in [-0.15, -0.1) is 0 Å². The summed E-state index contributed by atoms with van der Waals surface area (Å²) in [6.07, 6.45) is 0.394. The summed E-state index contributed by atoms with van der Waals surface area (Å²) in [7, 11) is -0.871. The van der Waals surface area contributed by atoms with E-state index < -0.39 is 32.6 Å². The molecule has 0 saturated carbocycles. The monoisotopic (exact) mass is 379 g/mol. The van der Waals surface area contributed by atoms with Crippen LogP contribution < -0.4 is 0 Å². The Morgan fingerprint density at radius 2 is 2.00 bits per heavy atom. The molecule has 2 rings (SSSR count). The average Bonchev–Trinajstić information content (AvgIpc) is 2.89. The van der Waals surface area contributed by atoms with Crippen LogP contribution in [0.25, 0.3) is 0 Å². The molecular weight excluding hydrogens is 350 g/mol. The van der Waals surface area contributed by atoms with E-state index in [-0.39, 0.29) is 16.5 Å². The van der Waals surface area contributed by atoms with Gasteiger partial charge in [-0.2, -0.15) is 0 Å². The normalized spacial score (nSPS) is 24.0. The van der Waals surface area contributed by atoms with Gasteiger partial charge in [-0.05, 0) is 42.2 Å². The number of Topliss-reactive ketones (excluding diaryl/α,β-unsaturated/α-hetero) is 1. The molecule has 0 unspecified atom stereocenters. The fourth-order valence-corrected chi connectivity index (χ4v) is 3.88. The van der Waals surface area contributed by atoms with Crippen molar-refractivity contribution >= 4 is 20.1 Å². The summed E-state index contributed by atoms with van der Waals surface area (Å²) in [6, 6.07) is 3.37. The number of rotatable bonds is 5. The molecular formula is C19H29NO5Si. The van der Waals surface area contributed by atoms with E-state index in [1.807, 2.05) is 6.92 Å². The molecule has 1 aliphatic rings. The number of ether oxygens (including phenoxy) is 2. The van der Waals surface area contributed by atoms with Crippen molar-refractivity contribution < 1.29 is 23.5 Å². The zero-order valence-electron chi connectivity index (χ0n) is 16.7. The van der Waals surface area contributed by atoms with Gasteiger partial charge >= 0.3 is 5.97 Å². The van der Waals surface area contributed by atoms with Crippen molar-refractivity contribution in [3.05, 3.63) is 29.6 Å². The third-order valence-corrected chi connectivity index (χ3v) is 9.74. The Hall–Kier alpha value is -1.57. The van der Waals surface area contributed by atoms with Gasteiger partial charge in [0.2, 0.25) is 0 Å². The van der Waals surface area contributed by atoms with E-state index >= 15 is 0 Å². The second-order valence-electron chi connectivity index (χ2n) is 8.12. The van der Waals surface area contributed by atoms with E-state index in [9.17, 15) is 9.59 Å². The molecule has 1 saturated heterocycles. The number of aromatic nitrogens is 1. The van der Waals surface area contributed by atoms with E-state index in [1.165, 1.54) is 13.3 Å². The molecule has 1 aliphatic heterocycles. The van der Waals surface area contributed by atoms with Crippen molar-refractivity contribution in [2.24, 2.45) is 0 Å². The summed E-state index contributed by atoms with van der Waals surface area (Å²) in [5, 5.41) is -0.0302. The van der Waals surface area contributed by atoms with Crippen LogP contribution in [-0.2, 0) is 18.7 Å². The third kappa shape index (κ3) is 4.05. The largest absolute Gasteiger partial charge is 0.464 e. The maximum Gasteiger partial charge on any atom is 0.356 e. The van der Waals surface area contributed by atoms with Crippen LogP contribution in [-0.4, -0.2) is 44.4 Å². The highest BCUT2D eigenvalue weighted by molar-refractivity contribution is 6.74. The molecule has 0 aromatic carbocycles. The molecule has 0 radical (unpaired) electrons. The number of hydrogen-bond acceptors (Lipinski definition) is 6. The van der Waals surface area contributed by atoms with Crippen LogP contribution in [0.1, 0.15) is 56.3 Å². The van der Waals surface area contributed by atoms with Crippen LogP contribution in [0.3, 0.4) is 0 Å². The maximum atomic E-state index is 12.9. The molecule has 1 fully saturated rings. The molecule has 26 heavy (non-hydrogen) atoms. The third-order valence-electron chi connectivity index (χ3n) is 5.29. The van der Waals surface area contributed by atoms with Crippen LogP contribution in [0.15, 0.2) is 18.3 Å². The zero-order chi connectivity index (χ0) is 19.7. The number of hydrogen-bond donors (Lipinski definition) is 0. The molecule has 0 amide bonds. The number of carbonyl (C=O) groups is 2. The highest BCUT2D eigenvalue weighted by atomic mass is 28.4. The molecule has 6 nitrogen and oxygen atoms in total. The maximum absolute atomic E-state index is 12.9. The highest BCUT2D eigenvalue weighted by Gasteiger charge is 2.49. The quantitative estimate of drug-likeness (QED) is 0.574. The first kappa shape index (κ1) is 20.7. The lowest BCUT2D eigenvalue weighted by molar-refractivity contribution is -0.126. The fraction of sp³-hybridized carbons (Fsp3) is 0.632. The van der Waals surface area contributed by atoms with Gasteiger partial charge in [0.25, 0.3) is 0 Å². The number of methoxy groups -OCH3 is 1. The van der Waals surface area contributed by atoms with Gasteiger partial charge in [0, 0.05) is 6.20 Å². The topological polar surface area (TPSA) is 74.7 Å². The van der Waals surface area contributed by atoms with Crippen LogP contribution in [0.4, 0.5) is 0 Å². The number of esters is 1. The summed E-state index contributed by atoms with van der Waals surface area (Å²) < 4.78 is 17.2. The lowest BCUT2D eigenvalue weighted by atomic mass is 10.0. The lowest BCUT2D eigenvalue weighted by Gasteiger charge is -2.38. The minimum absolute atomic E-state index is 0.0289. The summed E-state index contributed by atoms with van der Waals surface area (Å²) in [6.45, 7) is 12.5. The molecule has 0 N–H and O–H groups in total. The summed E-state index contributed by atoms with van der Waals surface area (Å²) >= 11 is 0. The molecule has 0 bridgehead atoms. The van der Waals surface area contributed by atoms with Gasteiger partial charge in [0.05, 0.1) is 7.11 Å². The van der Waals surface area contributed by atoms with Gasteiger partial charge in [0.15, 0.2) is 14.1 Å². The molecule has 144 valence electrons. The second kappa shape index (κ2) is 7.58. The minimum Gasteiger partial charge on any atom is -0.464 e. The number of pyridine rings is 1. The van der Waals surface area contributed by atoms with Crippen molar-refractivity contribution in [3.8, 4) is 0 Å². The Bertz CT molecular complexity index is 683. The minimum atomic E-state index is -2.18. The first-order valence-electron chi connectivity index (χ1n) is 8.93. The van der Waals surface area contributed by atoms with Crippen molar-refractivity contribution in [1.29, 1.82) is 0 Å². The Morgan fingerprint density at radius 3 is 2.54 bits per heavy atom. The summed E-state index contributed by atoms with van der Waals surface area (Å²) in [5.41, 5.74) is 0.889. The van der Waals surface area contributed by atoms with Crippen molar-refractivity contribution in [1.82, 2.24) is 4.98 Å². The van der Waals surface area contributed by atoms with E-state index in [0.29, 0.717) is 12.0 Å². The van der Waals surface area contributed by atoms with Crippen molar-refractivity contribution in [2.75, 3.05) is 7.11 Å². The van der Waals surface area contributed by atoms with E-state index in [2.05, 4.69) is 38.8 Å². The van der Waals surface area contributed by atoms with Gasteiger partial charge in [-0.25, -0.2) is 9.78 Å². The first-order chi connectivity index (χ1) is 12.0. The van der Waals surface area contributed by atoms with Crippen LogP contribution in [0.5, 0.6) is 0 Å². The Kier molecular flexibility index (Phi) is 6.05. The predicted octanol–water partition coefficient (Wildman–Crippen LogP) is 3.68. The van der Waals surface area contributed by atoms with Crippen molar-refractivity contribution in [3.63, 3.8) is 0 Å². The van der Waals surface area contributed by atoms with E-state index in [4.69, 9.17) is 13.9 Å². The fourth-order valence-electron chi connectivity index (χ4n) is 2.65. The average molecular weight is 380 g/mol. The number of carbonyl (C=O) groups excluding carboxylic acids is 2.